The van der Waals surface area contributed by atoms with Gasteiger partial charge in [0.05, 0.1) is 0 Å². The zero-order chi connectivity index (χ0) is 17.8. The van der Waals surface area contributed by atoms with E-state index in [4.69, 9.17) is 9.15 Å². The third-order valence-electron chi connectivity index (χ3n) is 3.91. The number of amides is 1. The fourth-order valence-corrected chi connectivity index (χ4v) is 2.56. The van der Waals surface area contributed by atoms with Crippen LogP contribution in [0.1, 0.15) is 18.1 Å². The molecule has 1 N–H and O–H groups in total. The van der Waals surface area contributed by atoms with Gasteiger partial charge >= 0.3 is 5.63 Å². The Kier molecular flexibility index (Phi) is 4.84. The topological polar surface area (TPSA) is 68.5 Å². The molecule has 0 radical (unpaired) electrons. The summed E-state index contributed by atoms with van der Waals surface area (Å²) in [5, 5.41) is 3.68. The summed E-state index contributed by atoms with van der Waals surface area (Å²) in [6.07, 6.45) is -0.669. The number of benzene rings is 2. The summed E-state index contributed by atoms with van der Waals surface area (Å²) < 4.78 is 10.9. The van der Waals surface area contributed by atoms with Gasteiger partial charge in [-0.3, -0.25) is 4.79 Å². The van der Waals surface area contributed by atoms with Crippen LogP contribution in [-0.4, -0.2) is 12.0 Å². The molecule has 0 aliphatic heterocycles. The van der Waals surface area contributed by atoms with E-state index in [0.29, 0.717) is 17.9 Å². The van der Waals surface area contributed by atoms with E-state index in [-0.39, 0.29) is 5.91 Å². The van der Waals surface area contributed by atoms with E-state index in [1.807, 2.05) is 43.3 Å². The summed E-state index contributed by atoms with van der Waals surface area (Å²) in [6, 6.07) is 16.3. The van der Waals surface area contributed by atoms with Gasteiger partial charge in [-0.1, -0.05) is 30.3 Å². The van der Waals surface area contributed by atoms with E-state index in [9.17, 15) is 9.59 Å². The Labute approximate surface area is 145 Å². The lowest BCUT2D eigenvalue weighted by atomic mass is 10.1. The minimum Gasteiger partial charge on any atom is -0.481 e. The molecule has 1 atom stereocenters. The molecule has 3 aromatic rings. The quantitative estimate of drug-likeness (QED) is 0.726. The lowest BCUT2D eigenvalue weighted by Crippen LogP contribution is -2.35. The molecular formula is C20H19NO4. The third kappa shape index (κ3) is 4.07. The highest BCUT2D eigenvalue weighted by molar-refractivity contribution is 5.82. The lowest BCUT2D eigenvalue weighted by Gasteiger charge is -2.15. The first-order valence-electron chi connectivity index (χ1n) is 8.06. The van der Waals surface area contributed by atoms with Gasteiger partial charge in [0, 0.05) is 24.1 Å². The molecule has 0 aliphatic rings. The van der Waals surface area contributed by atoms with Gasteiger partial charge in [0.1, 0.15) is 11.3 Å². The lowest BCUT2D eigenvalue weighted by molar-refractivity contribution is -0.127. The van der Waals surface area contributed by atoms with Crippen LogP contribution < -0.4 is 15.7 Å². The summed E-state index contributed by atoms with van der Waals surface area (Å²) in [7, 11) is 0. The van der Waals surface area contributed by atoms with Gasteiger partial charge in [0.15, 0.2) is 6.10 Å². The van der Waals surface area contributed by atoms with Gasteiger partial charge in [-0.15, -0.1) is 0 Å². The van der Waals surface area contributed by atoms with Crippen molar-refractivity contribution < 1.29 is 13.9 Å². The van der Waals surface area contributed by atoms with Crippen LogP contribution in [0.3, 0.4) is 0 Å². The Balaban J connectivity index is 1.67. The van der Waals surface area contributed by atoms with Gasteiger partial charge < -0.3 is 14.5 Å². The number of nitrogens with one attached hydrogen (secondary N) is 1. The summed E-state index contributed by atoms with van der Waals surface area (Å²) in [6.45, 7) is 3.97. The third-order valence-corrected chi connectivity index (χ3v) is 3.91. The van der Waals surface area contributed by atoms with E-state index in [1.165, 1.54) is 6.07 Å². The fourth-order valence-electron chi connectivity index (χ4n) is 2.56. The number of carbonyl (C=O) groups excluding carboxylic acids is 1. The molecule has 0 saturated heterocycles. The van der Waals surface area contributed by atoms with Crippen molar-refractivity contribution >= 4 is 16.9 Å². The molecule has 5 nitrogen and oxygen atoms in total. The molecule has 1 aromatic heterocycles. The summed E-state index contributed by atoms with van der Waals surface area (Å²) >= 11 is 0. The van der Waals surface area contributed by atoms with E-state index in [0.717, 1.165) is 16.5 Å². The van der Waals surface area contributed by atoms with E-state index in [1.54, 1.807) is 19.1 Å². The molecule has 25 heavy (non-hydrogen) atoms. The van der Waals surface area contributed by atoms with Crippen LogP contribution in [0.4, 0.5) is 0 Å². The molecule has 0 bridgehead atoms. The first-order valence-corrected chi connectivity index (χ1v) is 8.06. The molecule has 3 rings (SSSR count). The van der Waals surface area contributed by atoms with E-state index < -0.39 is 11.7 Å². The second-order valence-electron chi connectivity index (χ2n) is 5.87. The average Bonchev–Trinajstić information content (AvgIpc) is 2.60. The SMILES string of the molecule is Cc1cc(=O)oc2cc(O[C@H](C)C(=O)NCc3ccccc3)ccc12. The van der Waals surface area contributed by atoms with Gasteiger partial charge in [-0.05, 0) is 37.1 Å². The highest BCUT2D eigenvalue weighted by Crippen LogP contribution is 2.23. The van der Waals surface area contributed by atoms with Gasteiger partial charge in [-0.2, -0.15) is 0 Å². The Morgan fingerprint density at radius 1 is 1.16 bits per heavy atom. The van der Waals surface area contributed by atoms with Crippen LogP contribution in [0, 0.1) is 6.92 Å². The van der Waals surface area contributed by atoms with Gasteiger partial charge in [0.25, 0.3) is 5.91 Å². The van der Waals surface area contributed by atoms with Gasteiger partial charge in [-0.25, -0.2) is 4.79 Å². The molecule has 1 heterocycles. The largest absolute Gasteiger partial charge is 0.481 e. The van der Waals surface area contributed by atoms with Gasteiger partial charge in [0.2, 0.25) is 0 Å². The molecule has 0 spiro atoms. The summed E-state index contributed by atoms with van der Waals surface area (Å²) in [5.74, 6) is 0.262. The van der Waals surface area contributed by atoms with E-state index >= 15 is 0 Å². The smallest absolute Gasteiger partial charge is 0.336 e. The molecule has 0 aliphatic carbocycles. The second-order valence-corrected chi connectivity index (χ2v) is 5.87. The highest BCUT2D eigenvalue weighted by atomic mass is 16.5. The molecular weight excluding hydrogens is 318 g/mol. The Hall–Kier alpha value is -3.08. The molecule has 2 aromatic carbocycles. The van der Waals surface area contributed by atoms with Crippen molar-refractivity contribution in [2.45, 2.75) is 26.5 Å². The fraction of sp³-hybridized carbons (Fsp3) is 0.200. The number of hydrogen-bond donors (Lipinski definition) is 1. The van der Waals surface area contributed by atoms with Crippen LogP contribution in [0.5, 0.6) is 5.75 Å². The number of fused-ring (bicyclic) bond motifs is 1. The molecule has 0 saturated carbocycles. The number of aryl methyl sites for hydroxylation is 1. The monoisotopic (exact) mass is 337 g/mol. The predicted octanol–water partition coefficient (Wildman–Crippen LogP) is 3.19. The van der Waals surface area contributed by atoms with Crippen molar-refractivity contribution in [1.29, 1.82) is 0 Å². The summed E-state index contributed by atoms with van der Waals surface area (Å²) in [4.78, 5) is 23.7. The molecule has 0 fully saturated rings. The van der Waals surface area contributed by atoms with Crippen molar-refractivity contribution in [3.63, 3.8) is 0 Å². The van der Waals surface area contributed by atoms with Crippen LogP contribution in [0.2, 0.25) is 0 Å². The van der Waals surface area contributed by atoms with Crippen molar-refractivity contribution in [1.82, 2.24) is 5.32 Å². The molecule has 128 valence electrons. The first kappa shape index (κ1) is 16.8. The van der Waals surface area contributed by atoms with Crippen molar-refractivity contribution in [2.24, 2.45) is 0 Å². The Bertz CT molecular complexity index is 947. The Morgan fingerprint density at radius 2 is 1.92 bits per heavy atom. The van der Waals surface area contributed by atoms with Crippen LogP contribution in [-0.2, 0) is 11.3 Å². The van der Waals surface area contributed by atoms with Crippen LogP contribution in [0.25, 0.3) is 11.0 Å². The number of rotatable bonds is 5. The zero-order valence-corrected chi connectivity index (χ0v) is 14.1. The molecule has 5 heteroatoms. The standard InChI is InChI=1S/C20H19NO4/c1-13-10-19(22)25-18-11-16(8-9-17(13)18)24-14(2)20(23)21-12-15-6-4-3-5-7-15/h3-11,14H,12H2,1-2H3,(H,21,23)/t14-/m1/s1. The van der Waals surface area contributed by atoms with Crippen molar-refractivity contribution in [2.75, 3.05) is 0 Å². The van der Waals surface area contributed by atoms with Crippen LogP contribution >= 0.6 is 0 Å². The van der Waals surface area contributed by atoms with Crippen LogP contribution in [0.15, 0.2) is 63.8 Å². The maximum Gasteiger partial charge on any atom is 0.336 e. The minimum atomic E-state index is -0.669. The number of carbonyl (C=O) groups is 1. The normalized spacial score (nSPS) is 11.9. The molecule has 1 amide bonds. The second kappa shape index (κ2) is 7.21. The van der Waals surface area contributed by atoms with E-state index in [2.05, 4.69) is 5.32 Å². The average molecular weight is 337 g/mol. The molecule has 0 unspecified atom stereocenters. The number of hydrogen-bond acceptors (Lipinski definition) is 4. The van der Waals surface area contributed by atoms with Crippen molar-refractivity contribution in [3.05, 3.63) is 76.1 Å². The number of ether oxygens (including phenoxy) is 1. The predicted molar refractivity (Wildman–Crippen MR) is 95.6 cm³/mol. The summed E-state index contributed by atoms with van der Waals surface area (Å²) in [5.41, 5.74) is 1.90. The zero-order valence-electron chi connectivity index (χ0n) is 14.1. The van der Waals surface area contributed by atoms with Crippen molar-refractivity contribution in [3.8, 4) is 5.75 Å². The Morgan fingerprint density at radius 3 is 2.68 bits per heavy atom. The first-order chi connectivity index (χ1) is 12.0. The highest BCUT2D eigenvalue weighted by Gasteiger charge is 2.15. The minimum absolute atomic E-state index is 0.213. The maximum atomic E-state index is 12.2. The maximum absolute atomic E-state index is 12.2.